The van der Waals surface area contributed by atoms with Gasteiger partial charge >= 0.3 is 0 Å². The molecular formula is C15H22BrNO2. The molecule has 0 aliphatic carbocycles. The Morgan fingerprint density at radius 2 is 2.16 bits per heavy atom. The number of hydrogen-bond acceptors (Lipinski definition) is 3. The van der Waals surface area contributed by atoms with Crippen LogP contribution in [0.25, 0.3) is 0 Å². The zero-order valence-corrected chi connectivity index (χ0v) is 13.0. The predicted octanol–water partition coefficient (Wildman–Crippen LogP) is 2.92. The average molecular weight is 328 g/mol. The van der Waals surface area contributed by atoms with Gasteiger partial charge in [0.05, 0.1) is 4.47 Å². The van der Waals surface area contributed by atoms with E-state index in [0.717, 1.165) is 29.7 Å². The van der Waals surface area contributed by atoms with Crippen molar-refractivity contribution in [3.05, 3.63) is 28.7 Å². The fourth-order valence-electron chi connectivity index (χ4n) is 2.56. The summed E-state index contributed by atoms with van der Waals surface area (Å²) in [5, 5.41) is 9.27. The Hall–Kier alpha value is -0.580. The van der Waals surface area contributed by atoms with Crippen LogP contribution in [0.2, 0.25) is 0 Å². The van der Waals surface area contributed by atoms with Crippen LogP contribution >= 0.6 is 15.9 Å². The molecule has 1 fully saturated rings. The molecule has 1 aliphatic rings. The van der Waals surface area contributed by atoms with Crippen molar-refractivity contribution in [3.8, 4) is 5.75 Å². The maximum atomic E-state index is 9.27. The van der Waals surface area contributed by atoms with Crippen LogP contribution in [0.1, 0.15) is 19.8 Å². The second-order valence-electron chi connectivity index (χ2n) is 5.25. The Morgan fingerprint density at radius 3 is 2.89 bits per heavy atom. The zero-order chi connectivity index (χ0) is 13.7. The van der Waals surface area contributed by atoms with Gasteiger partial charge in [-0.05, 0) is 53.7 Å². The molecule has 2 atom stereocenters. The second kappa shape index (κ2) is 7.27. The summed E-state index contributed by atoms with van der Waals surface area (Å²) in [6.45, 7) is 5.14. The third-order valence-corrected chi connectivity index (χ3v) is 4.49. The largest absolute Gasteiger partial charge is 0.491 e. The van der Waals surface area contributed by atoms with Gasteiger partial charge in [-0.2, -0.15) is 0 Å². The molecular weight excluding hydrogens is 306 g/mol. The standard InChI is InChI=1S/C15H22BrNO2/c1-12-6-7-13(11-18)10-17(12)8-9-19-15-5-3-2-4-14(15)16/h2-5,12-13,18H,6-11H2,1H3. The molecule has 2 unspecified atom stereocenters. The summed E-state index contributed by atoms with van der Waals surface area (Å²) in [4.78, 5) is 2.42. The molecule has 1 heterocycles. The highest BCUT2D eigenvalue weighted by Gasteiger charge is 2.24. The van der Waals surface area contributed by atoms with Crippen molar-refractivity contribution >= 4 is 15.9 Å². The van der Waals surface area contributed by atoms with E-state index in [1.165, 1.54) is 6.42 Å². The summed E-state index contributed by atoms with van der Waals surface area (Å²) in [6.07, 6.45) is 2.31. The smallest absolute Gasteiger partial charge is 0.133 e. The van der Waals surface area contributed by atoms with Crippen molar-refractivity contribution < 1.29 is 9.84 Å². The summed E-state index contributed by atoms with van der Waals surface area (Å²) < 4.78 is 6.80. The second-order valence-corrected chi connectivity index (χ2v) is 6.10. The molecule has 1 aromatic carbocycles. The molecule has 0 radical (unpaired) electrons. The molecule has 106 valence electrons. The van der Waals surface area contributed by atoms with E-state index in [2.05, 4.69) is 27.8 Å². The van der Waals surface area contributed by atoms with Crippen molar-refractivity contribution in [1.82, 2.24) is 4.90 Å². The van der Waals surface area contributed by atoms with Crippen LogP contribution in [0.15, 0.2) is 28.7 Å². The van der Waals surface area contributed by atoms with Gasteiger partial charge in [-0.15, -0.1) is 0 Å². The minimum absolute atomic E-state index is 0.300. The van der Waals surface area contributed by atoms with Crippen LogP contribution in [0.3, 0.4) is 0 Å². The van der Waals surface area contributed by atoms with E-state index in [4.69, 9.17) is 4.74 Å². The molecule has 0 aromatic heterocycles. The average Bonchev–Trinajstić information content (AvgIpc) is 2.43. The fraction of sp³-hybridized carbons (Fsp3) is 0.600. The molecule has 0 bridgehead atoms. The van der Waals surface area contributed by atoms with Crippen molar-refractivity contribution in [1.29, 1.82) is 0 Å². The number of hydrogen-bond donors (Lipinski definition) is 1. The van der Waals surface area contributed by atoms with E-state index in [0.29, 0.717) is 25.2 Å². The lowest BCUT2D eigenvalue weighted by atomic mass is 9.94. The molecule has 1 N–H and O–H groups in total. The van der Waals surface area contributed by atoms with Gasteiger partial charge in [0.1, 0.15) is 12.4 Å². The number of para-hydroxylation sites is 1. The van der Waals surface area contributed by atoms with Crippen LogP contribution in [0.5, 0.6) is 5.75 Å². The summed E-state index contributed by atoms with van der Waals surface area (Å²) in [7, 11) is 0. The van der Waals surface area contributed by atoms with Crippen LogP contribution < -0.4 is 4.74 Å². The molecule has 1 aliphatic heterocycles. The fourth-order valence-corrected chi connectivity index (χ4v) is 2.96. The van der Waals surface area contributed by atoms with E-state index in [9.17, 15) is 5.11 Å². The van der Waals surface area contributed by atoms with Crippen molar-refractivity contribution in [2.24, 2.45) is 5.92 Å². The number of halogens is 1. The van der Waals surface area contributed by atoms with Crippen LogP contribution in [-0.2, 0) is 0 Å². The highest BCUT2D eigenvalue weighted by atomic mass is 79.9. The number of piperidine rings is 1. The third kappa shape index (κ3) is 4.20. The van der Waals surface area contributed by atoms with Gasteiger partial charge in [-0.3, -0.25) is 4.90 Å². The molecule has 1 saturated heterocycles. The number of benzene rings is 1. The predicted molar refractivity (Wildman–Crippen MR) is 80.5 cm³/mol. The molecule has 1 aromatic rings. The lowest BCUT2D eigenvalue weighted by Crippen LogP contribution is -2.44. The number of rotatable bonds is 5. The topological polar surface area (TPSA) is 32.7 Å². The Morgan fingerprint density at radius 1 is 1.37 bits per heavy atom. The van der Waals surface area contributed by atoms with Crippen molar-refractivity contribution in [3.63, 3.8) is 0 Å². The van der Waals surface area contributed by atoms with E-state index < -0.39 is 0 Å². The Bertz CT molecular complexity index is 399. The summed E-state index contributed by atoms with van der Waals surface area (Å²) in [5.74, 6) is 1.32. The highest BCUT2D eigenvalue weighted by molar-refractivity contribution is 9.10. The summed E-state index contributed by atoms with van der Waals surface area (Å²) in [5.41, 5.74) is 0. The first-order valence-corrected chi connectivity index (χ1v) is 7.72. The third-order valence-electron chi connectivity index (χ3n) is 3.84. The molecule has 0 spiro atoms. The van der Waals surface area contributed by atoms with E-state index in [1.807, 2.05) is 24.3 Å². The van der Waals surface area contributed by atoms with Gasteiger partial charge in [0.2, 0.25) is 0 Å². The first kappa shape index (κ1) is 14.8. The minimum atomic E-state index is 0.300. The Labute approximate surface area is 123 Å². The van der Waals surface area contributed by atoms with Crippen LogP contribution in [-0.4, -0.2) is 42.4 Å². The first-order chi connectivity index (χ1) is 9.20. The molecule has 19 heavy (non-hydrogen) atoms. The van der Waals surface area contributed by atoms with E-state index in [1.54, 1.807) is 0 Å². The summed E-state index contributed by atoms with van der Waals surface area (Å²) in [6, 6.07) is 8.51. The lowest BCUT2D eigenvalue weighted by molar-refractivity contribution is 0.0712. The van der Waals surface area contributed by atoms with Gasteiger partial charge in [0.25, 0.3) is 0 Å². The van der Waals surface area contributed by atoms with Gasteiger partial charge in [0.15, 0.2) is 0 Å². The number of ether oxygens (including phenoxy) is 1. The highest BCUT2D eigenvalue weighted by Crippen LogP contribution is 2.24. The molecule has 0 amide bonds. The minimum Gasteiger partial charge on any atom is -0.491 e. The van der Waals surface area contributed by atoms with E-state index in [-0.39, 0.29) is 0 Å². The number of aliphatic hydroxyl groups excluding tert-OH is 1. The number of aliphatic hydroxyl groups is 1. The van der Waals surface area contributed by atoms with Gasteiger partial charge < -0.3 is 9.84 Å². The quantitative estimate of drug-likeness (QED) is 0.902. The monoisotopic (exact) mass is 327 g/mol. The number of nitrogens with zero attached hydrogens (tertiary/aromatic N) is 1. The molecule has 2 rings (SSSR count). The lowest BCUT2D eigenvalue weighted by Gasteiger charge is -2.37. The van der Waals surface area contributed by atoms with Crippen LogP contribution in [0, 0.1) is 5.92 Å². The molecule has 3 nitrogen and oxygen atoms in total. The Kier molecular flexibility index (Phi) is 5.67. The number of likely N-dealkylation sites (tertiary alicyclic amines) is 1. The van der Waals surface area contributed by atoms with Gasteiger partial charge in [-0.1, -0.05) is 12.1 Å². The molecule has 4 heteroatoms. The Balaban J connectivity index is 1.80. The SMILES string of the molecule is CC1CCC(CO)CN1CCOc1ccccc1Br. The summed E-state index contributed by atoms with van der Waals surface area (Å²) >= 11 is 3.48. The van der Waals surface area contributed by atoms with Gasteiger partial charge in [0, 0.05) is 25.7 Å². The van der Waals surface area contributed by atoms with Gasteiger partial charge in [-0.25, -0.2) is 0 Å². The maximum absolute atomic E-state index is 9.27. The zero-order valence-electron chi connectivity index (χ0n) is 11.4. The van der Waals surface area contributed by atoms with E-state index >= 15 is 0 Å². The molecule has 0 saturated carbocycles. The van der Waals surface area contributed by atoms with Crippen LogP contribution in [0.4, 0.5) is 0 Å². The maximum Gasteiger partial charge on any atom is 0.133 e. The first-order valence-electron chi connectivity index (χ1n) is 6.93. The van der Waals surface area contributed by atoms with Crippen molar-refractivity contribution in [2.75, 3.05) is 26.3 Å². The van der Waals surface area contributed by atoms with Crippen molar-refractivity contribution in [2.45, 2.75) is 25.8 Å². The normalized spacial score (nSPS) is 24.4.